The number of benzene rings is 1. The zero-order valence-corrected chi connectivity index (χ0v) is 10.7. The van der Waals surface area contributed by atoms with Crippen molar-refractivity contribution in [2.24, 2.45) is 4.99 Å². The summed E-state index contributed by atoms with van der Waals surface area (Å²) in [5.41, 5.74) is 2.65. The molecule has 1 unspecified atom stereocenters. The maximum Gasteiger partial charge on any atom is 0.0981 e. The van der Waals surface area contributed by atoms with Crippen molar-refractivity contribution in [1.29, 1.82) is 0 Å². The summed E-state index contributed by atoms with van der Waals surface area (Å²) in [5.74, 6) is 0. The van der Waals surface area contributed by atoms with Crippen LogP contribution in [-0.4, -0.2) is 6.34 Å². The molecule has 17 heavy (non-hydrogen) atoms. The number of rotatable bonds is 1. The van der Waals surface area contributed by atoms with Gasteiger partial charge in [0.1, 0.15) is 0 Å². The van der Waals surface area contributed by atoms with Crippen LogP contribution in [0, 0.1) is 13.8 Å². The van der Waals surface area contributed by atoms with Crippen LogP contribution in [0.2, 0.25) is 0 Å². The number of nitrogens with zero attached hydrogens (tertiary/aromatic N) is 1. The van der Waals surface area contributed by atoms with Crippen molar-refractivity contribution in [1.82, 2.24) is 5.32 Å². The van der Waals surface area contributed by atoms with Crippen LogP contribution in [0.1, 0.15) is 22.0 Å². The summed E-state index contributed by atoms with van der Waals surface area (Å²) in [6, 6.07) is 6.80. The minimum absolute atomic E-state index is 0.159. The third-order valence-electron chi connectivity index (χ3n) is 3.05. The lowest BCUT2D eigenvalue weighted by Gasteiger charge is -2.12. The van der Waals surface area contributed by atoms with Gasteiger partial charge < -0.3 is 5.32 Å². The van der Waals surface area contributed by atoms with Gasteiger partial charge in [0.05, 0.1) is 12.4 Å². The molecule has 1 aliphatic rings. The topological polar surface area (TPSA) is 24.4 Å². The van der Waals surface area contributed by atoms with Crippen LogP contribution in [0.15, 0.2) is 35.5 Å². The van der Waals surface area contributed by atoms with Gasteiger partial charge in [-0.2, -0.15) is 0 Å². The van der Waals surface area contributed by atoms with Crippen molar-refractivity contribution in [3.05, 3.63) is 46.5 Å². The van der Waals surface area contributed by atoms with Crippen LogP contribution in [0.4, 0.5) is 0 Å². The molecule has 0 aliphatic carbocycles. The van der Waals surface area contributed by atoms with Gasteiger partial charge in [0.15, 0.2) is 0 Å². The molecule has 0 saturated heterocycles. The van der Waals surface area contributed by atoms with Gasteiger partial charge in [-0.1, -0.05) is 17.7 Å². The van der Waals surface area contributed by atoms with Crippen LogP contribution in [0.3, 0.4) is 0 Å². The molecule has 1 aromatic carbocycles. The van der Waals surface area contributed by atoms with Gasteiger partial charge in [-0.15, -0.1) is 11.3 Å². The molecule has 0 bridgehead atoms. The average molecular weight is 242 g/mol. The summed E-state index contributed by atoms with van der Waals surface area (Å²) in [6.45, 7) is 4.32. The lowest BCUT2D eigenvalue weighted by atomic mass is 10.0. The Balaban J connectivity index is 2.23. The molecule has 1 atom stereocenters. The SMILES string of the molecule is Cc1ccc2sc(C)c(C3C=CNC=N3)c2c1. The molecule has 0 radical (unpaired) electrons. The lowest BCUT2D eigenvalue weighted by Crippen LogP contribution is -2.08. The van der Waals surface area contributed by atoms with Crippen molar-refractivity contribution in [2.45, 2.75) is 19.9 Å². The van der Waals surface area contributed by atoms with Gasteiger partial charge in [-0.25, -0.2) is 0 Å². The van der Waals surface area contributed by atoms with Crippen molar-refractivity contribution in [2.75, 3.05) is 0 Å². The molecule has 0 saturated carbocycles. The van der Waals surface area contributed by atoms with Crippen LogP contribution in [0.25, 0.3) is 10.1 Å². The highest BCUT2D eigenvalue weighted by Gasteiger charge is 2.17. The van der Waals surface area contributed by atoms with E-state index in [1.165, 1.54) is 26.1 Å². The fraction of sp³-hybridized carbons (Fsp3) is 0.214. The molecule has 2 aromatic rings. The Morgan fingerprint density at radius 3 is 2.94 bits per heavy atom. The van der Waals surface area contributed by atoms with E-state index < -0.39 is 0 Å². The molecular weight excluding hydrogens is 228 g/mol. The smallest absolute Gasteiger partial charge is 0.0981 e. The van der Waals surface area contributed by atoms with Gasteiger partial charge in [-0.3, -0.25) is 4.99 Å². The zero-order valence-electron chi connectivity index (χ0n) is 9.90. The molecule has 0 spiro atoms. The number of nitrogens with one attached hydrogen (secondary N) is 1. The van der Waals surface area contributed by atoms with Crippen molar-refractivity contribution in [3.63, 3.8) is 0 Å². The third-order valence-corrected chi connectivity index (χ3v) is 4.15. The summed E-state index contributed by atoms with van der Waals surface area (Å²) in [5, 5.41) is 4.34. The second-order valence-electron chi connectivity index (χ2n) is 4.32. The molecule has 86 valence electrons. The number of hydrogen-bond donors (Lipinski definition) is 1. The summed E-state index contributed by atoms with van der Waals surface area (Å²) in [7, 11) is 0. The maximum absolute atomic E-state index is 4.50. The summed E-state index contributed by atoms with van der Waals surface area (Å²) in [4.78, 5) is 5.86. The molecule has 2 nitrogen and oxygen atoms in total. The van der Waals surface area contributed by atoms with Gasteiger partial charge in [0.2, 0.25) is 0 Å². The standard InChI is InChI=1S/C14H14N2S/c1-9-3-4-13-11(7-9)14(10(2)17-13)12-5-6-15-8-16-12/h3-8,12H,1-2H3,(H,15,16). The second kappa shape index (κ2) is 4.00. The van der Waals surface area contributed by atoms with E-state index >= 15 is 0 Å². The number of aryl methyl sites for hydroxylation is 2. The van der Waals surface area contributed by atoms with E-state index in [9.17, 15) is 0 Å². The fourth-order valence-electron chi connectivity index (χ4n) is 2.25. The molecule has 0 fully saturated rings. The Hall–Kier alpha value is -1.61. The largest absolute Gasteiger partial charge is 0.353 e. The first-order valence-corrected chi connectivity index (χ1v) is 6.51. The predicted octanol–water partition coefficient (Wildman–Crippen LogP) is 3.70. The molecule has 3 rings (SSSR count). The van der Waals surface area contributed by atoms with Crippen molar-refractivity contribution >= 4 is 27.8 Å². The van der Waals surface area contributed by atoms with E-state index in [1.807, 2.05) is 17.5 Å². The summed E-state index contributed by atoms with van der Waals surface area (Å²) >= 11 is 1.85. The first-order chi connectivity index (χ1) is 8.25. The minimum Gasteiger partial charge on any atom is -0.353 e. The highest BCUT2D eigenvalue weighted by atomic mass is 32.1. The molecule has 1 N–H and O–H groups in total. The van der Waals surface area contributed by atoms with Crippen LogP contribution < -0.4 is 5.32 Å². The van der Waals surface area contributed by atoms with Crippen LogP contribution >= 0.6 is 11.3 Å². The Kier molecular flexibility index (Phi) is 2.48. The second-order valence-corrected chi connectivity index (χ2v) is 5.58. The lowest BCUT2D eigenvalue weighted by molar-refractivity contribution is 0.889. The Labute approximate surface area is 105 Å². The van der Waals surface area contributed by atoms with Crippen molar-refractivity contribution in [3.8, 4) is 0 Å². The fourth-order valence-corrected chi connectivity index (χ4v) is 3.34. The maximum atomic E-state index is 4.50. The first kappa shape index (κ1) is 10.5. The van der Waals surface area contributed by atoms with Crippen molar-refractivity contribution < 1.29 is 0 Å². The summed E-state index contributed by atoms with van der Waals surface area (Å²) in [6.07, 6.45) is 5.83. The Morgan fingerprint density at radius 2 is 2.18 bits per heavy atom. The predicted molar refractivity (Wildman–Crippen MR) is 74.8 cm³/mol. The van der Waals surface area contributed by atoms with Crippen LogP contribution in [0.5, 0.6) is 0 Å². The number of thiophene rings is 1. The highest BCUT2D eigenvalue weighted by Crippen LogP contribution is 2.37. The number of hydrogen-bond acceptors (Lipinski definition) is 3. The minimum atomic E-state index is 0.159. The molecule has 1 aromatic heterocycles. The first-order valence-electron chi connectivity index (χ1n) is 5.70. The molecule has 2 heterocycles. The molecular formula is C14H14N2S. The molecule has 1 aliphatic heterocycles. The summed E-state index contributed by atoms with van der Waals surface area (Å²) < 4.78 is 1.35. The zero-order chi connectivity index (χ0) is 11.8. The highest BCUT2D eigenvalue weighted by molar-refractivity contribution is 7.19. The van der Waals surface area contributed by atoms with Crippen LogP contribution in [-0.2, 0) is 0 Å². The number of aliphatic imine (C=N–C) groups is 1. The molecule has 3 heteroatoms. The van der Waals surface area contributed by atoms with Gasteiger partial charge in [0, 0.05) is 21.3 Å². The normalized spacial score (nSPS) is 18.6. The van der Waals surface area contributed by atoms with E-state index in [1.54, 1.807) is 6.34 Å². The third kappa shape index (κ3) is 1.76. The van der Waals surface area contributed by atoms with E-state index in [2.05, 4.69) is 48.4 Å². The van der Waals surface area contributed by atoms with E-state index in [4.69, 9.17) is 0 Å². The van der Waals surface area contributed by atoms with E-state index in [0.717, 1.165) is 0 Å². The molecule has 0 amide bonds. The quantitative estimate of drug-likeness (QED) is 0.810. The average Bonchev–Trinajstić information content (AvgIpc) is 2.65. The Morgan fingerprint density at radius 1 is 1.29 bits per heavy atom. The Bertz CT molecular complexity index is 610. The van der Waals surface area contributed by atoms with Gasteiger partial charge in [0.25, 0.3) is 0 Å². The van der Waals surface area contributed by atoms with Gasteiger partial charge >= 0.3 is 0 Å². The number of fused-ring (bicyclic) bond motifs is 1. The monoisotopic (exact) mass is 242 g/mol. The van der Waals surface area contributed by atoms with E-state index in [-0.39, 0.29) is 6.04 Å². The van der Waals surface area contributed by atoms with E-state index in [0.29, 0.717) is 0 Å². The van der Waals surface area contributed by atoms with Gasteiger partial charge in [-0.05, 0) is 31.4 Å².